The number of phenols is 1. The van der Waals surface area contributed by atoms with Crippen LogP contribution in [-0.2, 0) is 11.3 Å². The molecule has 0 atom stereocenters. The summed E-state index contributed by atoms with van der Waals surface area (Å²) in [6.07, 6.45) is 1.66. The molecule has 1 N–H and O–H groups in total. The highest BCUT2D eigenvalue weighted by Crippen LogP contribution is 2.39. The number of ketones is 1. The molecule has 0 amide bonds. The Balaban J connectivity index is 1.80. The summed E-state index contributed by atoms with van der Waals surface area (Å²) in [5.41, 5.74) is 2.80. The minimum Gasteiger partial charge on any atom is -0.508 e. The van der Waals surface area contributed by atoms with Crippen LogP contribution in [0, 0.1) is 6.92 Å². The maximum absolute atomic E-state index is 12.6. The average molecular weight is 389 g/mol. The number of benzene rings is 2. The third-order valence-electron chi connectivity index (χ3n) is 3.94. The molecule has 0 saturated carbocycles. The van der Waals surface area contributed by atoms with Crippen molar-refractivity contribution in [3.63, 3.8) is 0 Å². The molecule has 2 aliphatic heterocycles. The number of carbonyl (C=O) groups is 1. The Morgan fingerprint density at radius 2 is 2.08 bits per heavy atom. The molecule has 4 rings (SSSR count). The van der Waals surface area contributed by atoms with Crippen molar-refractivity contribution in [1.29, 1.82) is 0 Å². The first kappa shape index (κ1) is 15.2. The molecule has 2 aromatic carbocycles. The lowest BCUT2D eigenvalue weighted by Gasteiger charge is -2.20. The minimum atomic E-state index is -0.205. The summed E-state index contributed by atoms with van der Waals surface area (Å²) in [5.74, 6) is 1.12. The summed E-state index contributed by atoms with van der Waals surface area (Å²) in [5, 5.41) is 9.68. The number of carbonyl (C=O) groups excluding carboxylic acids is 1. The summed E-state index contributed by atoms with van der Waals surface area (Å²) >= 11 is 3.46. The number of allylic oxidation sites excluding steroid dienone is 1. The Bertz CT molecular complexity index is 901. The molecular formula is C18H13BrO5. The van der Waals surface area contributed by atoms with E-state index in [1.54, 1.807) is 19.1 Å². The van der Waals surface area contributed by atoms with Crippen LogP contribution in [0.3, 0.4) is 0 Å². The summed E-state index contributed by atoms with van der Waals surface area (Å²) in [6.45, 7) is 2.39. The molecule has 0 unspecified atom stereocenters. The molecule has 0 saturated heterocycles. The lowest BCUT2D eigenvalue weighted by molar-refractivity contribution is -0.0165. The van der Waals surface area contributed by atoms with Crippen LogP contribution in [0.5, 0.6) is 17.2 Å². The van der Waals surface area contributed by atoms with Crippen LogP contribution in [-0.4, -0.2) is 17.7 Å². The molecule has 0 bridgehead atoms. The molecule has 0 fully saturated rings. The number of halogens is 1. The van der Waals surface area contributed by atoms with Gasteiger partial charge >= 0.3 is 0 Å². The summed E-state index contributed by atoms with van der Waals surface area (Å²) in [4.78, 5) is 12.6. The molecule has 5 nitrogen and oxygen atoms in total. The normalized spacial score (nSPS) is 17.2. The Hall–Kier alpha value is -2.31. The summed E-state index contributed by atoms with van der Waals surface area (Å²) in [7, 11) is 0. The maximum atomic E-state index is 12.6. The van der Waals surface area contributed by atoms with Crippen LogP contribution in [0.25, 0.3) is 6.08 Å². The Morgan fingerprint density at radius 1 is 1.25 bits per heavy atom. The Morgan fingerprint density at radius 3 is 2.92 bits per heavy atom. The fourth-order valence-electron chi connectivity index (χ4n) is 2.95. The number of ether oxygens (including phenoxy) is 3. The van der Waals surface area contributed by atoms with E-state index in [0.29, 0.717) is 29.2 Å². The van der Waals surface area contributed by atoms with Crippen molar-refractivity contribution in [1.82, 2.24) is 0 Å². The average Bonchev–Trinajstić information content (AvgIpc) is 2.83. The predicted molar refractivity (Wildman–Crippen MR) is 90.2 cm³/mol. The molecule has 0 radical (unpaired) electrons. The SMILES string of the molecule is Cc1cc(O)cc2c1C(=O)/C(=C\c1cc(Br)cc3c1OCOC3)O2. The number of fused-ring (bicyclic) bond motifs is 2. The zero-order chi connectivity index (χ0) is 16.8. The quantitative estimate of drug-likeness (QED) is 0.749. The zero-order valence-corrected chi connectivity index (χ0v) is 14.3. The smallest absolute Gasteiger partial charge is 0.232 e. The van der Waals surface area contributed by atoms with Crippen LogP contribution < -0.4 is 9.47 Å². The minimum absolute atomic E-state index is 0.0700. The molecule has 6 heteroatoms. The van der Waals surface area contributed by atoms with E-state index >= 15 is 0 Å². The van der Waals surface area contributed by atoms with E-state index in [4.69, 9.17) is 14.2 Å². The lowest BCUT2D eigenvalue weighted by atomic mass is 10.0. The van der Waals surface area contributed by atoms with E-state index in [-0.39, 0.29) is 24.1 Å². The van der Waals surface area contributed by atoms with Gasteiger partial charge in [0.2, 0.25) is 5.78 Å². The molecule has 0 spiro atoms. The van der Waals surface area contributed by atoms with Crippen LogP contribution in [0.2, 0.25) is 0 Å². The summed E-state index contributed by atoms with van der Waals surface area (Å²) in [6, 6.07) is 6.78. The van der Waals surface area contributed by atoms with E-state index < -0.39 is 0 Å². The number of aromatic hydroxyl groups is 1. The number of hydrogen-bond acceptors (Lipinski definition) is 5. The molecule has 122 valence electrons. The third-order valence-corrected chi connectivity index (χ3v) is 4.40. The van der Waals surface area contributed by atoms with Gasteiger partial charge in [-0.1, -0.05) is 15.9 Å². The molecular weight excluding hydrogens is 376 g/mol. The van der Waals surface area contributed by atoms with Gasteiger partial charge in [0, 0.05) is 21.7 Å². The van der Waals surface area contributed by atoms with Gasteiger partial charge in [-0.15, -0.1) is 0 Å². The monoisotopic (exact) mass is 388 g/mol. The number of rotatable bonds is 1. The third kappa shape index (κ3) is 2.48. The van der Waals surface area contributed by atoms with E-state index in [1.807, 2.05) is 12.1 Å². The largest absolute Gasteiger partial charge is 0.508 e. The van der Waals surface area contributed by atoms with E-state index in [9.17, 15) is 9.90 Å². The van der Waals surface area contributed by atoms with Gasteiger partial charge in [0.25, 0.3) is 0 Å². The first-order valence-corrected chi connectivity index (χ1v) is 8.13. The highest BCUT2D eigenvalue weighted by molar-refractivity contribution is 9.10. The Kier molecular flexibility index (Phi) is 3.58. The van der Waals surface area contributed by atoms with Crippen LogP contribution in [0.4, 0.5) is 0 Å². The number of hydrogen-bond donors (Lipinski definition) is 1. The lowest BCUT2D eigenvalue weighted by Crippen LogP contribution is -2.12. The van der Waals surface area contributed by atoms with Gasteiger partial charge in [-0.05, 0) is 36.8 Å². The number of aryl methyl sites for hydroxylation is 1. The van der Waals surface area contributed by atoms with Gasteiger partial charge in [-0.3, -0.25) is 4.79 Å². The number of phenolic OH excluding ortho intramolecular Hbond substituents is 1. The second-order valence-electron chi connectivity index (χ2n) is 5.67. The van der Waals surface area contributed by atoms with Crippen molar-refractivity contribution < 1.29 is 24.1 Å². The van der Waals surface area contributed by atoms with E-state index in [0.717, 1.165) is 15.6 Å². The van der Waals surface area contributed by atoms with Crippen molar-refractivity contribution in [3.05, 3.63) is 56.8 Å². The van der Waals surface area contributed by atoms with Gasteiger partial charge < -0.3 is 19.3 Å². The fraction of sp³-hybridized carbons (Fsp3) is 0.167. The zero-order valence-electron chi connectivity index (χ0n) is 12.8. The highest BCUT2D eigenvalue weighted by atomic mass is 79.9. The van der Waals surface area contributed by atoms with Crippen LogP contribution in [0.1, 0.15) is 27.0 Å². The molecule has 2 aromatic rings. The number of Topliss-reactive ketones (excluding diaryl/α,β-unsaturated/α-hetero) is 1. The van der Waals surface area contributed by atoms with Gasteiger partial charge in [-0.2, -0.15) is 0 Å². The fourth-order valence-corrected chi connectivity index (χ4v) is 3.47. The maximum Gasteiger partial charge on any atom is 0.232 e. The first-order chi connectivity index (χ1) is 11.5. The standard InChI is InChI=1S/C18H13BrO5/c1-9-2-13(20)6-14-16(9)17(21)15(24-14)5-10-3-12(19)4-11-7-22-8-23-18(10)11/h2-6,20H,7-8H2,1H3/b15-5+. The summed E-state index contributed by atoms with van der Waals surface area (Å²) < 4.78 is 17.4. The van der Waals surface area contributed by atoms with Gasteiger partial charge in [-0.25, -0.2) is 0 Å². The molecule has 2 heterocycles. The van der Waals surface area contributed by atoms with Gasteiger partial charge in [0.05, 0.1) is 12.2 Å². The van der Waals surface area contributed by atoms with Crippen molar-refractivity contribution in [2.75, 3.05) is 6.79 Å². The van der Waals surface area contributed by atoms with Crippen molar-refractivity contribution in [2.45, 2.75) is 13.5 Å². The van der Waals surface area contributed by atoms with Crippen LogP contribution in [0.15, 0.2) is 34.5 Å². The molecule has 2 aliphatic rings. The predicted octanol–water partition coefficient (Wildman–Crippen LogP) is 3.95. The molecule has 24 heavy (non-hydrogen) atoms. The van der Waals surface area contributed by atoms with Crippen molar-refractivity contribution in [3.8, 4) is 17.2 Å². The highest BCUT2D eigenvalue weighted by Gasteiger charge is 2.30. The topological polar surface area (TPSA) is 65.0 Å². The second kappa shape index (κ2) is 5.65. The van der Waals surface area contributed by atoms with Crippen LogP contribution >= 0.6 is 15.9 Å². The van der Waals surface area contributed by atoms with Gasteiger partial charge in [0.15, 0.2) is 12.6 Å². The molecule has 0 aliphatic carbocycles. The van der Waals surface area contributed by atoms with E-state index in [2.05, 4.69) is 15.9 Å². The Labute approximate surface area is 146 Å². The van der Waals surface area contributed by atoms with Crippen molar-refractivity contribution in [2.24, 2.45) is 0 Å². The van der Waals surface area contributed by atoms with Gasteiger partial charge in [0.1, 0.15) is 17.2 Å². The van der Waals surface area contributed by atoms with Crippen molar-refractivity contribution >= 4 is 27.8 Å². The first-order valence-electron chi connectivity index (χ1n) is 7.34. The molecule has 0 aromatic heterocycles. The second-order valence-corrected chi connectivity index (χ2v) is 6.59. The van der Waals surface area contributed by atoms with E-state index in [1.165, 1.54) is 6.07 Å².